The summed E-state index contributed by atoms with van der Waals surface area (Å²) in [4.78, 5) is 7.15. The van der Waals surface area contributed by atoms with Gasteiger partial charge in [-0.3, -0.25) is 4.99 Å². The van der Waals surface area contributed by atoms with Gasteiger partial charge in [-0.2, -0.15) is 0 Å². The second kappa shape index (κ2) is 6.08. The molecule has 0 N–H and O–H groups in total. The highest BCUT2D eigenvalue weighted by Crippen LogP contribution is 2.43. The van der Waals surface area contributed by atoms with Crippen molar-refractivity contribution in [2.24, 2.45) is 4.99 Å². The first kappa shape index (κ1) is 16.8. The number of para-hydroxylation sites is 1. The number of anilines is 1. The molecule has 0 bridgehead atoms. The molecule has 0 fully saturated rings. The van der Waals surface area contributed by atoms with Gasteiger partial charge in [0.1, 0.15) is 0 Å². The number of aryl methyl sites for hydroxylation is 2. The van der Waals surface area contributed by atoms with Crippen LogP contribution in [0, 0.1) is 13.8 Å². The highest BCUT2D eigenvalue weighted by molar-refractivity contribution is 5.86. The van der Waals surface area contributed by atoms with Gasteiger partial charge in [0.15, 0.2) is 0 Å². The van der Waals surface area contributed by atoms with Gasteiger partial charge in [0, 0.05) is 24.5 Å². The third kappa shape index (κ3) is 2.98. The van der Waals surface area contributed by atoms with E-state index in [9.17, 15) is 0 Å². The molecule has 1 atom stereocenters. The molecule has 1 aliphatic rings. The molecule has 24 heavy (non-hydrogen) atoms. The minimum Gasteiger partial charge on any atom is -0.369 e. The third-order valence-electron chi connectivity index (χ3n) is 5.48. The third-order valence-corrected chi connectivity index (χ3v) is 5.48. The van der Waals surface area contributed by atoms with Crippen LogP contribution in [0.15, 0.2) is 41.4 Å². The number of rotatable bonds is 2. The van der Waals surface area contributed by atoms with Gasteiger partial charge in [-0.15, -0.1) is 0 Å². The fourth-order valence-electron chi connectivity index (χ4n) is 3.72. The molecule has 1 heterocycles. The van der Waals surface area contributed by atoms with Crippen molar-refractivity contribution in [2.45, 2.75) is 52.5 Å². The van der Waals surface area contributed by atoms with Crippen LogP contribution in [0.4, 0.5) is 11.4 Å². The van der Waals surface area contributed by atoms with Gasteiger partial charge in [0.25, 0.3) is 0 Å². The predicted octanol–water partition coefficient (Wildman–Crippen LogP) is 5.78. The molecule has 0 saturated heterocycles. The number of hydrogen-bond acceptors (Lipinski definition) is 2. The number of fused-ring (bicyclic) bond motifs is 1. The van der Waals surface area contributed by atoms with Crippen LogP contribution in [0.25, 0.3) is 0 Å². The Hall–Kier alpha value is -2.09. The van der Waals surface area contributed by atoms with Gasteiger partial charge >= 0.3 is 0 Å². The first-order valence-electron chi connectivity index (χ1n) is 8.77. The summed E-state index contributed by atoms with van der Waals surface area (Å²) in [5, 5.41) is 0. The lowest BCUT2D eigenvalue weighted by atomic mass is 9.79. The fourth-order valence-corrected chi connectivity index (χ4v) is 3.72. The van der Waals surface area contributed by atoms with Gasteiger partial charge in [0.05, 0.1) is 5.69 Å². The smallest absolute Gasteiger partial charge is 0.0659 e. The Kier molecular flexibility index (Phi) is 4.25. The molecule has 2 heteroatoms. The van der Waals surface area contributed by atoms with Crippen LogP contribution in [0.3, 0.4) is 0 Å². The SMILES string of the molecule is Cc1cc2c(cc1C=Nc1ccccc1C)C(C)CC(C)(C)N2C. The van der Waals surface area contributed by atoms with E-state index in [4.69, 9.17) is 4.99 Å². The molecule has 2 nitrogen and oxygen atoms in total. The topological polar surface area (TPSA) is 15.6 Å². The van der Waals surface area contributed by atoms with E-state index in [0.29, 0.717) is 5.92 Å². The average Bonchev–Trinajstić information content (AvgIpc) is 2.52. The normalized spacial score (nSPS) is 19.6. The lowest BCUT2D eigenvalue weighted by Crippen LogP contribution is -2.45. The summed E-state index contributed by atoms with van der Waals surface area (Å²) < 4.78 is 0. The minimum absolute atomic E-state index is 0.204. The Labute approximate surface area is 146 Å². The van der Waals surface area contributed by atoms with Crippen LogP contribution in [0.2, 0.25) is 0 Å². The molecule has 1 aliphatic heterocycles. The van der Waals surface area contributed by atoms with Gasteiger partial charge in [-0.05, 0) is 80.5 Å². The number of nitrogens with zero attached hydrogens (tertiary/aromatic N) is 2. The lowest BCUT2D eigenvalue weighted by Gasteiger charge is -2.45. The van der Waals surface area contributed by atoms with Crippen molar-refractivity contribution < 1.29 is 0 Å². The number of benzene rings is 2. The van der Waals surface area contributed by atoms with Gasteiger partial charge < -0.3 is 4.90 Å². The summed E-state index contributed by atoms with van der Waals surface area (Å²) in [6.45, 7) is 11.3. The monoisotopic (exact) mass is 320 g/mol. The Morgan fingerprint density at radius 1 is 1.12 bits per heavy atom. The van der Waals surface area contributed by atoms with Crippen molar-refractivity contribution in [3.63, 3.8) is 0 Å². The largest absolute Gasteiger partial charge is 0.369 e. The van der Waals surface area contributed by atoms with Crippen molar-refractivity contribution in [3.8, 4) is 0 Å². The van der Waals surface area contributed by atoms with Crippen molar-refractivity contribution in [3.05, 3.63) is 58.7 Å². The number of aliphatic imine (C=N–C) groups is 1. The highest BCUT2D eigenvalue weighted by Gasteiger charge is 2.34. The van der Waals surface area contributed by atoms with E-state index in [0.717, 1.165) is 5.69 Å². The van der Waals surface area contributed by atoms with E-state index in [2.05, 4.69) is 76.9 Å². The first-order valence-corrected chi connectivity index (χ1v) is 8.77. The van der Waals surface area contributed by atoms with Gasteiger partial charge in [-0.1, -0.05) is 25.1 Å². The van der Waals surface area contributed by atoms with Crippen LogP contribution in [-0.4, -0.2) is 18.8 Å². The highest BCUT2D eigenvalue weighted by atomic mass is 15.2. The fraction of sp³-hybridized carbons (Fsp3) is 0.409. The molecule has 0 amide bonds. The van der Waals surface area contributed by atoms with E-state index in [1.54, 1.807) is 0 Å². The van der Waals surface area contributed by atoms with Crippen LogP contribution in [0.5, 0.6) is 0 Å². The molecular weight excluding hydrogens is 292 g/mol. The van der Waals surface area contributed by atoms with Crippen LogP contribution >= 0.6 is 0 Å². The molecule has 0 saturated carbocycles. The maximum absolute atomic E-state index is 4.72. The molecule has 1 unspecified atom stereocenters. The Morgan fingerprint density at radius 3 is 2.54 bits per heavy atom. The summed E-state index contributed by atoms with van der Waals surface area (Å²) in [6.07, 6.45) is 3.19. The van der Waals surface area contributed by atoms with Crippen molar-refractivity contribution in [1.82, 2.24) is 0 Å². The van der Waals surface area contributed by atoms with Crippen molar-refractivity contribution >= 4 is 17.6 Å². The zero-order valence-corrected chi connectivity index (χ0v) is 15.7. The van der Waals surface area contributed by atoms with Gasteiger partial charge in [0.2, 0.25) is 0 Å². The molecule has 0 spiro atoms. The summed E-state index contributed by atoms with van der Waals surface area (Å²) >= 11 is 0. The average molecular weight is 320 g/mol. The van der Waals surface area contributed by atoms with Crippen LogP contribution in [0.1, 0.15) is 55.4 Å². The molecule has 2 aromatic rings. The van der Waals surface area contributed by atoms with E-state index in [-0.39, 0.29) is 5.54 Å². The number of hydrogen-bond donors (Lipinski definition) is 0. The van der Waals surface area contributed by atoms with Crippen LogP contribution in [-0.2, 0) is 0 Å². The summed E-state index contributed by atoms with van der Waals surface area (Å²) in [5.74, 6) is 0.567. The molecule has 126 valence electrons. The molecule has 0 aromatic heterocycles. The molecule has 0 radical (unpaired) electrons. The van der Waals surface area contributed by atoms with E-state index in [1.807, 2.05) is 12.3 Å². The lowest BCUT2D eigenvalue weighted by molar-refractivity contribution is 0.395. The van der Waals surface area contributed by atoms with E-state index in [1.165, 1.54) is 34.4 Å². The molecular formula is C22H28N2. The standard InChI is InChI=1S/C22H28N2/c1-15-9-7-8-10-20(15)23-14-18-12-19-17(3)13-22(4,5)24(6)21(19)11-16(18)2/h7-12,14,17H,13H2,1-6H3. The summed E-state index contributed by atoms with van der Waals surface area (Å²) in [6, 6.07) is 12.9. The Bertz CT molecular complexity index is 787. The predicted molar refractivity (Wildman–Crippen MR) is 105 cm³/mol. The molecule has 3 rings (SSSR count). The van der Waals surface area contributed by atoms with E-state index >= 15 is 0 Å². The maximum atomic E-state index is 4.72. The second-order valence-electron chi connectivity index (χ2n) is 7.79. The maximum Gasteiger partial charge on any atom is 0.0659 e. The Balaban J connectivity index is 2.01. The summed E-state index contributed by atoms with van der Waals surface area (Å²) in [5.41, 5.74) is 7.76. The quantitative estimate of drug-likeness (QED) is 0.641. The van der Waals surface area contributed by atoms with Crippen LogP contribution < -0.4 is 4.90 Å². The van der Waals surface area contributed by atoms with Crippen molar-refractivity contribution in [1.29, 1.82) is 0 Å². The molecule has 2 aromatic carbocycles. The zero-order valence-electron chi connectivity index (χ0n) is 15.7. The Morgan fingerprint density at radius 2 is 1.83 bits per heavy atom. The minimum atomic E-state index is 0.204. The first-order chi connectivity index (χ1) is 11.3. The van der Waals surface area contributed by atoms with Crippen molar-refractivity contribution in [2.75, 3.05) is 11.9 Å². The van der Waals surface area contributed by atoms with E-state index < -0.39 is 0 Å². The van der Waals surface area contributed by atoms with Gasteiger partial charge in [-0.25, -0.2) is 0 Å². The molecule has 0 aliphatic carbocycles. The second-order valence-corrected chi connectivity index (χ2v) is 7.79. The summed E-state index contributed by atoms with van der Waals surface area (Å²) in [7, 11) is 2.21. The zero-order chi connectivity index (χ0) is 17.5.